The number of hydrogen-bond donors (Lipinski definition) is 1. The molecule has 1 atom stereocenters. The number of halogens is 1. The van der Waals surface area contributed by atoms with Crippen molar-refractivity contribution in [1.82, 2.24) is 10.2 Å². The van der Waals surface area contributed by atoms with Gasteiger partial charge in [-0.1, -0.05) is 67.8 Å². The molecule has 0 aromatic heterocycles. The predicted molar refractivity (Wildman–Crippen MR) is 121 cm³/mol. The standard InChI is InChI=1S/C25H31ClN2O2/c1-3-23(25(30)27-22-10-6-7-11-22)28(17-19-12-14-21(26)15-13-19)24(29)16-20-9-5-4-8-18(20)2/h4-5,8-9,12-15,22-23H,3,6-7,10-11,16-17H2,1-2H3,(H,27,30)/t23-/m1/s1. The van der Waals surface area contributed by atoms with Crippen molar-refractivity contribution in [2.45, 2.75) is 71.0 Å². The Hall–Kier alpha value is -2.33. The summed E-state index contributed by atoms with van der Waals surface area (Å²) in [6.07, 6.45) is 5.22. The van der Waals surface area contributed by atoms with Crippen LogP contribution in [0.1, 0.15) is 55.7 Å². The summed E-state index contributed by atoms with van der Waals surface area (Å²) < 4.78 is 0. The van der Waals surface area contributed by atoms with E-state index in [1.165, 1.54) is 0 Å². The number of hydrogen-bond acceptors (Lipinski definition) is 2. The van der Waals surface area contributed by atoms with Crippen LogP contribution in [0.15, 0.2) is 48.5 Å². The summed E-state index contributed by atoms with van der Waals surface area (Å²) in [4.78, 5) is 28.2. The van der Waals surface area contributed by atoms with Crippen LogP contribution in [0.2, 0.25) is 5.02 Å². The van der Waals surface area contributed by atoms with Crippen molar-refractivity contribution in [3.63, 3.8) is 0 Å². The minimum absolute atomic E-state index is 0.0346. The number of carbonyl (C=O) groups excluding carboxylic acids is 2. The summed E-state index contributed by atoms with van der Waals surface area (Å²) in [7, 11) is 0. The van der Waals surface area contributed by atoms with Crippen molar-refractivity contribution in [3.05, 3.63) is 70.2 Å². The van der Waals surface area contributed by atoms with Gasteiger partial charge in [-0.25, -0.2) is 0 Å². The van der Waals surface area contributed by atoms with E-state index in [0.29, 0.717) is 18.0 Å². The molecular formula is C25H31ClN2O2. The molecule has 0 saturated heterocycles. The third kappa shape index (κ3) is 5.85. The minimum Gasteiger partial charge on any atom is -0.352 e. The van der Waals surface area contributed by atoms with E-state index in [1.807, 2.05) is 62.4 Å². The van der Waals surface area contributed by atoms with Crippen molar-refractivity contribution >= 4 is 23.4 Å². The van der Waals surface area contributed by atoms with Crippen molar-refractivity contribution < 1.29 is 9.59 Å². The summed E-state index contributed by atoms with van der Waals surface area (Å²) in [5.41, 5.74) is 3.04. The second kappa shape index (κ2) is 10.6. The lowest BCUT2D eigenvalue weighted by Gasteiger charge is -2.32. The zero-order chi connectivity index (χ0) is 21.5. The average Bonchev–Trinajstić information content (AvgIpc) is 3.24. The Morgan fingerprint density at radius 1 is 1.10 bits per heavy atom. The van der Waals surface area contributed by atoms with Crippen LogP contribution >= 0.6 is 11.6 Å². The molecule has 0 heterocycles. The SMILES string of the molecule is CC[C@H](C(=O)NC1CCCC1)N(Cc1ccc(Cl)cc1)C(=O)Cc1ccccc1C. The van der Waals surface area contributed by atoms with E-state index in [0.717, 1.165) is 42.4 Å². The van der Waals surface area contributed by atoms with Gasteiger partial charge in [-0.15, -0.1) is 0 Å². The fourth-order valence-corrected chi connectivity index (χ4v) is 4.27. The van der Waals surface area contributed by atoms with Crippen LogP contribution in [0.4, 0.5) is 0 Å². The quantitative estimate of drug-likeness (QED) is 0.641. The van der Waals surface area contributed by atoms with Crippen molar-refractivity contribution in [3.8, 4) is 0 Å². The van der Waals surface area contributed by atoms with Crippen LogP contribution in [0.5, 0.6) is 0 Å². The Morgan fingerprint density at radius 2 is 1.77 bits per heavy atom. The second-order valence-corrected chi connectivity index (χ2v) is 8.60. The van der Waals surface area contributed by atoms with Crippen molar-refractivity contribution in [2.75, 3.05) is 0 Å². The highest BCUT2D eigenvalue weighted by Crippen LogP contribution is 2.20. The van der Waals surface area contributed by atoms with E-state index in [-0.39, 0.29) is 24.3 Å². The van der Waals surface area contributed by atoms with Crippen LogP contribution in [0.3, 0.4) is 0 Å². The Bertz CT molecular complexity index is 860. The number of nitrogens with one attached hydrogen (secondary N) is 1. The topological polar surface area (TPSA) is 49.4 Å². The highest BCUT2D eigenvalue weighted by atomic mass is 35.5. The number of carbonyl (C=O) groups is 2. The van der Waals surface area contributed by atoms with Crippen LogP contribution in [0, 0.1) is 6.92 Å². The molecule has 1 fully saturated rings. The minimum atomic E-state index is -0.488. The van der Waals surface area contributed by atoms with Gasteiger partial charge in [-0.3, -0.25) is 9.59 Å². The fourth-order valence-electron chi connectivity index (χ4n) is 4.15. The second-order valence-electron chi connectivity index (χ2n) is 8.17. The van der Waals surface area contributed by atoms with Gasteiger partial charge in [0.05, 0.1) is 6.42 Å². The van der Waals surface area contributed by atoms with Gasteiger partial charge in [0.15, 0.2) is 0 Å². The Morgan fingerprint density at radius 3 is 2.40 bits per heavy atom. The molecule has 2 aromatic carbocycles. The molecule has 0 bridgehead atoms. The van der Waals surface area contributed by atoms with Crippen LogP contribution < -0.4 is 5.32 Å². The molecule has 3 rings (SSSR count). The molecule has 2 amide bonds. The largest absolute Gasteiger partial charge is 0.352 e. The highest BCUT2D eigenvalue weighted by molar-refractivity contribution is 6.30. The number of nitrogens with zero attached hydrogens (tertiary/aromatic N) is 1. The maximum absolute atomic E-state index is 13.4. The smallest absolute Gasteiger partial charge is 0.243 e. The maximum Gasteiger partial charge on any atom is 0.243 e. The van der Waals surface area contributed by atoms with Crippen molar-refractivity contribution in [2.24, 2.45) is 0 Å². The van der Waals surface area contributed by atoms with E-state index in [2.05, 4.69) is 5.32 Å². The Balaban J connectivity index is 1.82. The first kappa shape index (κ1) is 22.4. The summed E-state index contributed by atoms with van der Waals surface area (Å²) in [6, 6.07) is 15.1. The van der Waals surface area contributed by atoms with E-state index in [4.69, 9.17) is 11.6 Å². The summed E-state index contributed by atoms with van der Waals surface area (Å²) in [6.45, 7) is 4.36. The first-order chi connectivity index (χ1) is 14.5. The molecular weight excluding hydrogens is 396 g/mol. The van der Waals surface area contributed by atoms with E-state index in [9.17, 15) is 9.59 Å². The zero-order valence-electron chi connectivity index (χ0n) is 17.9. The van der Waals surface area contributed by atoms with Gasteiger partial charge < -0.3 is 10.2 Å². The predicted octanol–water partition coefficient (Wildman–Crippen LogP) is 5.06. The van der Waals surface area contributed by atoms with Crippen LogP contribution in [0.25, 0.3) is 0 Å². The monoisotopic (exact) mass is 426 g/mol. The van der Waals surface area contributed by atoms with E-state index in [1.54, 1.807) is 4.90 Å². The molecule has 0 spiro atoms. The first-order valence-electron chi connectivity index (χ1n) is 10.9. The van der Waals surface area contributed by atoms with Gasteiger partial charge in [-0.2, -0.15) is 0 Å². The van der Waals surface area contributed by atoms with Gasteiger partial charge in [-0.05, 0) is 55.0 Å². The molecule has 0 radical (unpaired) electrons. The lowest BCUT2D eigenvalue weighted by molar-refractivity contribution is -0.141. The number of rotatable bonds is 8. The molecule has 4 nitrogen and oxygen atoms in total. The zero-order valence-corrected chi connectivity index (χ0v) is 18.6. The van der Waals surface area contributed by atoms with Gasteiger partial charge >= 0.3 is 0 Å². The summed E-state index contributed by atoms with van der Waals surface area (Å²) in [5, 5.41) is 3.84. The third-order valence-corrected chi connectivity index (χ3v) is 6.21. The lowest BCUT2D eigenvalue weighted by atomic mass is 10.0. The number of benzene rings is 2. The maximum atomic E-state index is 13.4. The molecule has 0 unspecified atom stereocenters. The molecule has 2 aromatic rings. The van der Waals surface area contributed by atoms with Crippen LogP contribution in [-0.2, 0) is 22.6 Å². The van der Waals surface area contributed by atoms with Gasteiger partial charge in [0, 0.05) is 17.6 Å². The lowest BCUT2D eigenvalue weighted by Crippen LogP contribution is -2.51. The molecule has 1 aliphatic rings. The molecule has 1 N–H and O–H groups in total. The number of amides is 2. The molecule has 1 aliphatic carbocycles. The van der Waals surface area contributed by atoms with Crippen molar-refractivity contribution in [1.29, 1.82) is 0 Å². The van der Waals surface area contributed by atoms with Gasteiger partial charge in [0.2, 0.25) is 11.8 Å². The average molecular weight is 427 g/mol. The normalized spacial score (nSPS) is 15.0. The summed E-state index contributed by atoms with van der Waals surface area (Å²) in [5.74, 6) is -0.0795. The highest BCUT2D eigenvalue weighted by Gasteiger charge is 2.30. The van der Waals surface area contributed by atoms with E-state index < -0.39 is 6.04 Å². The fraction of sp³-hybridized carbons (Fsp3) is 0.440. The van der Waals surface area contributed by atoms with E-state index >= 15 is 0 Å². The van der Waals surface area contributed by atoms with Gasteiger partial charge in [0.1, 0.15) is 6.04 Å². The molecule has 1 saturated carbocycles. The molecule has 0 aliphatic heterocycles. The summed E-state index contributed by atoms with van der Waals surface area (Å²) >= 11 is 6.03. The van der Waals surface area contributed by atoms with Gasteiger partial charge in [0.25, 0.3) is 0 Å². The van der Waals surface area contributed by atoms with Crippen LogP contribution in [-0.4, -0.2) is 28.8 Å². The Kier molecular flexibility index (Phi) is 7.92. The molecule has 5 heteroatoms. The third-order valence-electron chi connectivity index (χ3n) is 5.96. The number of aryl methyl sites for hydroxylation is 1. The Labute approximate surface area is 184 Å². The molecule has 30 heavy (non-hydrogen) atoms. The first-order valence-corrected chi connectivity index (χ1v) is 11.2. The molecule has 160 valence electrons.